The van der Waals surface area contributed by atoms with Gasteiger partial charge in [0.05, 0.1) is 12.1 Å². The number of ether oxygens (including phenoxy) is 1. The number of amidine groups is 1. The van der Waals surface area contributed by atoms with Crippen molar-refractivity contribution in [2.45, 2.75) is 31.3 Å². The van der Waals surface area contributed by atoms with Crippen molar-refractivity contribution < 1.29 is 4.74 Å². The van der Waals surface area contributed by atoms with Crippen LogP contribution in [0.1, 0.15) is 30.9 Å². The van der Waals surface area contributed by atoms with Crippen LogP contribution < -0.4 is 27.1 Å². The molecule has 27 heavy (non-hydrogen) atoms. The first kappa shape index (κ1) is 18.9. The number of benzene rings is 2. The second-order valence-electron chi connectivity index (χ2n) is 6.52. The van der Waals surface area contributed by atoms with Crippen LogP contribution >= 0.6 is 0 Å². The zero-order valence-electron chi connectivity index (χ0n) is 15.6. The standard InChI is InChI=1S/C21H27N5O/c1-24-26-21(25-16-6-5-7-16)19(14-22)20(23)15-10-12-18(13-11-15)27-17-8-3-2-4-9-17/h2-4,8-14,16,20,24H,5-7,22-23H2,1H3,(H,25,26)/b19-14-. The minimum Gasteiger partial charge on any atom is -0.457 e. The number of hydrogen-bond acceptors (Lipinski definition) is 5. The van der Waals surface area contributed by atoms with Gasteiger partial charge in [-0.05, 0) is 49.1 Å². The highest BCUT2D eigenvalue weighted by Gasteiger charge is 2.22. The highest BCUT2D eigenvalue weighted by atomic mass is 16.5. The molecule has 0 aliphatic heterocycles. The van der Waals surface area contributed by atoms with E-state index in [0.717, 1.165) is 35.5 Å². The third-order valence-corrected chi connectivity index (χ3v) is 4.64. The average molecular weight is 365 g/mol. The molecule has 1 saturated carbocycles. The molecule has 2 aromatic rings. The number of para-hydroxylation sites is 1. The Labute approximate surface area is 160 Å². The minimum atomic E-state index is -0.388. The number of rotatable bonds is 7. The van der Waals surface area contributed by atoms with E-state index in [1.807, 2.05) is 54.6 Å². The van der Waals surface area contributed by atoms with Crippen LogP contribution in [0.15, 0.2) is 71.4 Å². The first-order chi connectivity index (χ1) is 13.2. The van der Waals surface area contributed by atoms with Crippen LogP contribution in [0, 0.1) is 0 Å². The summed E-state index contributed by atoms with van der Waals surface area (Å²) in [4.78, 5) is 4.75. The molecule has 0 spiro atoms. The molecule has 2 aromatic carbocycles. The Balaban J connectivity index is 1.74. The molecule has 0 bridgehead atoms. The van der Waals surface area contributed by atoms with Gasteiger partial charge in [-0.3, -0.25) is 4.99 Å². The molecule has 1 fully saturated rings. The largest absolute Gasteiger partial charge is 0.457 e. The second kappa shape index (κ2) is 9.21. The highest BCUT2D eigenvalue weighted by Crippen LogP contribution is 2.27. The van der Waals surface area contributed by atoms with E-state index in [9.17, 15) is 0 Å². The van der Waals surface area contributed by atoms with Crippen LogP contribution in [0.2, 0.25) is 0 Å². The van der Waals surface area contributed by atoms with Crippen molar-refractivity contribution in [3.63, 3.8) is 0 Å². The Bertz CT molecular complexity index is 782. The third kappa shape index (κ3) is 4.87. The van der Waals surface area contributed by atoms with Gasteiger partial charge in [0.1, 0.15) is 17.3 Å². The molecular weight excluding hydrogens is 338 g/mol. The fourth-order valence-corrected chi connectivity index (χ4v) is 2.87. The van der Waals surface area contributed by atoms with Gasteiger partial charge in [0.15, 0.2) is 0 Å². The summed E-state index contributed by atoms with van der Waals surface area (Å²) in [6.07, 6.45) is 4.96. The topological polar surface area (TPSA) is 97.7 Å². The van der Waals surface area contributed by atoms with Gasteiger partial charge in [-0.15, -0.1) is 0 Å². The Hall–Kier alpha value is -2.83. The van der Waals surface area contributed by atoms with Gasteiger partial charge in [0.25, 0.3) is 0 Å². The van der Waals surface area contributed by atoms with E-state index in [1.165, 1.54) is 12.6 Å². The molecule has 142 valence electrons. The smallest absolute Gasteiger partial charge is 0.142 e. The van der Waals surface area contributed by atoms with Crippen molar-refractivity contribution in [2.24, 2.45) is 16.5 Å². The molecule has 1 aliphatic rings. The molecule has 0 aromatic heterocycles. The summed E-state index contributed by atoms with van der Waals surface area (Å²) in [7, 11) is 1.80. The maximum absolute atomic E-state index is 6.48. The number of nitrogens with two attached hydrogens (primary N) is 2. The fraction of sp³-hybridized carbons (Fsp3) is 0.286. The van der Waals surface area contributed by atoms with E-state index in [-0.39, 0.29) is 6.04 Å². The monoisotopic (exact) mass is 365 g/mol. The Morgan fingerprint density at radius 1 is 1.11 bits per heavy atom. The molecule has 1 atom stereocenters. The van der Waals surface area contributed by atoms with Crippen molar-refractivity contribution in [1.29, 1.82) is 0 Å². The van der Waals surface area contributed by atoms with Crippen molar-refractivity contribution in [2.75, 3.05) is 7.05 Å². The van der Waals surface area contributed by atoms with Crippen LogP contribution in [0.4, 0.5) is 0 Å². The molecule has 0 radical (unpaired) electrons. The van der Waals surface area contributed by atoms with Gasteiger partial charge in [0.2, 0.25) is 0 Å². The van der Waals surface area contributed by atoms with E-state index in [0.29, 0.717) is 11.9 Å². The van der Waals surface area contributed by atoms with Crippen LogP contribution in [0.25, 0.3) is 0 Å². The summed E-state index contributed by atoms with van der Waals surface area (Å²) < 4.78 is 5.83. The fourth-order valence-electron chi connectivity index (χ4n) is 2.87. The maximum atomic E-state index is 6.48. The SMILES string of the molecule is CNNC(=NC1CCC1)/C(=C\N)C(N)c1ccc(Oc2ccccc2)cc1. The van der Waals surface area contributed by atoms with Gasteiger partial charge in [0, 0.05) is 18.8 Å². The van der Waals surface area contributed by atoms with E-state index < -0.39 is 0 Å². The Morgan fingerprint density at radius 2 is 1.78 bits per heavy atom. The molecule has 0 amide bonds. The van der Waals surface area contributed by atoms with Crippen LogP contribution in [-0.4, -0.2) is 18.9 Å². The third-order valence-electron chi connectivity index (χ3n) is 4.64. The first-order valence-corrected chi connectivity index (χ1v) is 9.22. The van der Waals surface area contributed by atoms with Crippen molar-refractivity contribution in [3.05, 3.63) is 71.9 Å². The average Bonchev–Trinajstić information content (AvgIpc) is 2.66. The summed E-state index contributed by atoms with van der Waals surface area (Å²) in [5, 5.41) is 0. The Kier molecular flexibility index (Phi) is 6.46. The quantitative estimate of drug-likeness (QED) is 0.343. The lowest BCUT2D eigenvalue weighted by Crippen LogP contribution is -2.40. The lowest BCUT2D eigenvalue weighted by molar-refractivity contribution is 0.418. The van der Waals surface area contributed by atoms with Crippen LogP contribution in [0.3, 0.4) is 0 Å². The lowest BCUT2D eigenvalue weighted by Gasteiger charge is -2.25. The van der Waals surface area contributed by atoms with Crippen LogP contribution in [-0.2, 0) is 0 Å². The molecule has 3 rings (SSSR count). The van der Waals surface area contributed by atoms with E-state index in [1.54, 1.807) is 7.05 Å². The summed E-state index contributed by atoms with van der Waals surface area (Å²) in [6, 6.07) is 17.3. The number of nitrogens with one attached hydrogen (secondary N) is 2. The molecule has 0 saturated heterocycles. The maximum Gasteiger partial charge on any atom is 0.142 e. The predicted molar refractivity (Wildman–Crippen MR) is 109 cm³/mol. The number of hydrogen-bond donors (Lipinski definition) is 4. The van der Waals surface area contributed by atoms with E-state index in [4.69, 9.17) is 21.2 Å². The summed E-state index contributed by atoms with van der Waals surface area (Å²) >= 11 is 0. The minimum absolute atomic E-state index is 0.338. The lowest BCUT2D eigenvalue weighted by atomic mass is 9.93. The molecule has 6 nitrogen and oxygen atoms in total. The summed E-state index contributed by atoms with van der Waals surface area (Å²) in [6.45, 7) is 0. The van der Waals surface area contributed by atoms with Crippen molar-refractivity contribution in [3.8, 4) is 11.5 Å². The molecule has 6 N–H and O–H groups in total. The van der Waals surface area contributed by atoms with Gasteiger partial charge in [-0.25, -0.2) is 5.43 Å². The molecule has 0 heterocycles. The molecule has 1 unspecified atom stereocenters. The van der Waals surface area contributed by atoms with Gasteiger partial charge >= 0.3 is 0 Å². The zero-order valence-corrected chi connectivity index (χ0v) is 15.6. The zero-order chi connectivity index (χ0) is 19.1. The molecular formula is C21H27N5O. The number of hydrazine groups is 1. The summed E-state index contributed by atoms with van der Waals surface area (Å²) in [5.74, 6) is 2.25. The molecule has 6 heteroatoms. The highest BCUT2D eigenvalue weighted by molar-refractivity contribution is 5.99. The van der Waals surface area contributed by atoms with Gasteiger partial charge < -0.3 is 21.6 Å². The Morgan fingerprint density at radius 3 is 2.33 bits per heavy atom. The van der Waals surface area contributed by atoms with Crippen molar-refractivity contribution >= 4 is 5.84 Å². The van der Waals surface area contributed by atoms with E-state index >= 15 is 0 Å². The second-order valence-corrected chi connectivity index (χ2v) is 6.52. The number of nitrogens with zero attached hydrogens (tertiary/aromatic N) is 1. The molecule has 1 aliphatic carbocycles. The van der Waals surface area contributed by atoms with Gasteiger partial charge in [-0.2, -0.15) is 0 Å². The van der Waals surface area contributed by atoms with Gasteiger partial charge in [-0.1, -0.05) is 30.3 Å². The van der Waals surface area contributed by atoms with Crippen LogP contribution in [0.5, 0.6) is 11.5 Å². The first-order valence-electron chi connectivity index (χ1n) is 9.22. The summed E-state index contributed by atoms with van der Waals surface area (Å²) in [5.41, 5.74) is 20.1. The van der Waals surface area contributed by atoms with Crippen molar-refractivity contribution in [1.82, 2.24) is 10.9 Å². The van der Waals surface area contributed by atoms with E-state index in [2.05, 4.69) is 10.9 Å². The number of aliphatic imine (C=N–C) groups is 1. The predicted octanol–water partition coefficient (Wildman–Crippen LogP) is 3.00. The normalized spacial score (nSPS) is 16.5.